The van der Waals surface area contributed by atoms with E-state index >= 15 is 0 Å². The highest BCUT2D eigenvalue weighted by Gasteiger charge is 2.32. The highest BCUT2D eigenvalue weighted by atomic mass is 16.2. The van der Waals surface area contributed by atoms with Crippen LogP contribution in [0, 0.1) is 5.92 Å². The molecule has 2 heteroatoms. The third-order valence-electron chi connectivity index (χ3n) is 4.27. The summed E-state index contributed by atoms with van der Waals surface area (Å²) in [6.45, 7) is 4.92. The lowest BCUT2D eigenvalue weighted by atomic mass is 9.98. The van der Waals surface area contributed by atoms with E-state index in [2.05, 4.69) is 30.8 Å². The molecule has 1 aliphatic heterocycles. The Labute approximate surface area is 132 Å². The number of rotatable bonds is 5. The largest absolute Gasteiger partial charge is 0.316 e. The molecule has 2 aromatic rings. The van der Waals surface area contributed by atoms with Gasteiger partial charge in [0.1, 0.15) is 0 Å². The van der Waals surface area contributed by atoms with Crippen molar-refractivity contribution in [2.24, 2.45) is 5.92 Å². The molecule has 0 saturated carbocycles. The Bertz CT molecular complexity index is 648. The van der Waals surface area contributed by atoms with Gasteiger partial charge in [-0.15, -0.1) is 0 Å². The molecule has 3 rings (SSSR count). The van der Waals surface area contributed by atoms with E-state index in [1.807, 2.05) is 41.3 Å². The zero-order chi connectivity index (χ0) is 15.4. The van der Waals surface area contributed by atoms with Crippen molar-refractivity contribution in [1.82, 2.24) is 4.90 Å². The van der Waals surface area contributed by atoms with Gasteiger partial charge in [-0.1, -0.05) is 67.2 Å². The van der Waals surface area contributed by atoms with Crippen LogP contribution in [0.25, 0.3) is 0 Å². The molecule has 0 N–H and O–H groups in total. The summed E-state index contributed by atoms with van der Waals surface area (Å²) >= 11 is 0. The van der Waals surface area contributed by atoms with Gasteiger partial charge in [0.25, 0.3) is 0 Å². The monoisotopic (exact) mass is 291 g/mol. The Balaban J connectivity index is 1.62. The van der Waals surface area contributed by atoms with Crippen LogP contribution in [0.4, 0.5) is 0 Å². The molecule has 1 unspecified atom stereocenters. The van der Waals surface area contributed by atoms with Crippen LogP contribution in [0.3, 0.4) is 0 Å². The number of likely N-dealkylation sites (tertiary alicyclic amines) is 1. The van der Waals surface area contributed by atoms with Crippen molar-refractivity contribution in [3.63, 3.8) is 0 Å². The molecule has 2 aromatic carbocycles. The van der Waals surface area contributed by atoms with E-state index < -0.39 is 0 Å². The number of benzene rings is 2. The molecule has 0 bridgehead atoms. The fourth-order valence-corrected chi connectivity index (χ4v) is 3.07. The van der Waals surface area contributed by atoms with E-state index in [9.17, 15) is 4.79 Å². The van der Waals surface area contributed by atoms with E-state index in [0.29, 0.717) is 0 Å². The summed E-state index contributed by atoms with van der Waals surface area (Å²) in [5.41, 5.74) is 3.34. The summed E-state index contributed by atoms with van der Waals surface area (Å²) in [6, 6.07) is 20.4. The number of hydrogen-bond acceptors (Lipinski definition) is 1. The SMILES string of the molecule is C=C(Cc1ccccc1)N1CCC(Cc2ccccc2)C1=O. The standard InChI is InChI=1S/C20H21NO/c1-16(14-17-8-4-2-5-9-17)21-13-12-19(20(21)22)15-18-10-6-3-7-11-18/h2-11,19H,1,12-15H2. The average Bonchev–Trinajstić information content (AvgIpc) is 2.90. The minimum Gasteiger partial charge on any atom is -0.316 e. The average molecular weight is 291 g/mol. The van der Waals surface area contributed by atoms with Crippen LogP contribution in [0.5, 0.6) is 0 Å². The maximum Gasteiger partial charge on any atom is 0.230 e. The fourth-order valence-electron chi connectivity index (χ4n) is 3.07. The van der Waals surface area contributed by atoms with Gasteiger partial charge in [-0.05, 0) is 24.0 Å². The quantitative estimate of drug-likeness (QED) is 0.819. The molecule has 1 heterocycles. The van der Waals surface area contributed by atoms with E-state index in [4.69, 9.17) is 0 Å². The minimum atomic E-state index is 0.0925. The molecule has 0 aromatic heterocycles. The van der Waals surface area contributed by atoms with Gasteiger partial charge in [-0.3, -0.25) is 4.79 Å². The number of carbonyl (C=O) groups is 1. The van der Waals surface area contributed by atoms with Crippen molar-refractivity contribution < 1.29 is 4.79 Å². The van der Waals surface area contributed by atoms with Crippen LogP contribution >= 0.6 is 0 Å². The Morgan fingerprint density at radius 3 is 2.23 bits per heavy atom. The van der Waals surface area contributed by atoms with Gasteiger partial charge in [0.05, 0.1) is 0 Å². The molecule has 0 spiro atoms. The molecule has 1 atom stereocenters. The molecule has 0 aliphatic carbocycles. The van der Waals surface area contributed by atoms with E-state index in [1.54, 1.807) is 0 Å². The van der Waals surface area contributed by atoms with E-state index in [1.165, 1.54) is 11.1 Å². The minimum absolute atomic E-state index is 0.0925. The summed E-state index contributed by atoms with van der Waals surface area (Å²) < 4.78 is 0. The topological polar surface area (TPSA) is 20.3 Å². The van der Waals surface area contributed by atoms with Gasteiger partial charge < -0.3 is 4.90 Å². The van der Waals surface area contributed by atoms with Crippen molar-refractivity contribution >= 4 is 5.91 Å². The Kier molecular flexibility index (Phi) is 4.38. The van der Waals surface area contributed by atoms with E-state index in [0.717, 1.165) is 31.5 Å². The fraction of sp³-hybridized carbons (Fsp3) is 0.250. The van der Waals surface area contributed by atoms with Crippen molar-refractivity contribution in [3.8, 4) is 0 Å². The number of amides is 1. The highest BCUT2D eigenvalue weighted by molar-refractivity contribution is 5.82. The molecule has 22 heavy (non-hydrogen) atoms. The first kappa shape index (κ1) is 14.6. The molecule has 1 saturated heterocycles. The summed E-state index contributed by atoms with van der Waals surface area (Å²) in [5.74, 6) is 0.319. The first-order valence-electron chi connectivity index (χ1n) is 7.81. The Morgan fingerprint density at radius 1 is 1.00 bits per heavy atom. The number of carbonyl (C=O) groups excluding carboxylic acids is 1. The zero-order valence-electron chi connectivity index (χ0n) is 12.7. The van der Waals surface area contributed by atoms with Gasteiger partial charge in [0, 0.05) is 24.6 Å². The van der Waals surface area contributed by atoms with Gasteiger partial charge in [0.15, 0.2) is 0 Å². The number of nitrogens with zero attached hydrogens (tertiary/aromatic N) is 1. The van der Waals surface area contributed by atoms with Gasteiger partial charge in [-0.2, -0.15) is 0 Å². The Morgan fingerprint density at radius 2 is 1.59 bits per heavy atom. The third-order valence-corrected chi connectivity index (χ3v) is 4.27. The second kappa shape index (κ2) is 6.61. The maximum absolute atomic E-state index is 12.6. The predicted molar refractivity (Wildman–Crippen MR) is 89.3 cm³/mol. The normalized spacial score (nSPS) is 17.7. The molecule has 0 radical (unpaired) electrons. The lowest BCUT2D eigenvalue weighted by Crippen LogP contribution is -2.28. The van der Waals surface area contributed by atoms with Crippen LogP contribution in [0.2, 0.25) is 0 Å². The smallest absolute Gasteiger partial charge is 0.230 e. The van der Waals surface area contributed by atoms with Crippen molar-refractivity contribution in [3.05, 3.63) is 84.1 Å². The molecular formula is C20H21NO. The Hall–Kier alpha value is -2.35. The van der Waals surface area contributed by atoms with Gasteiger partial charge in [-0.25, -0.2) is 0 Å². The molecule has 112 valence electrons. The van der Waals surface area contributed by atoms with Crippen molar-refractivity contribution in [2.45, 2.75) is 19.3 Å². The maximum atomic E-state index is 12.6. The second-order valence-corrected chi connectivity index (χ2v) is 5.89. The summed E-state index contributed by atoms with van der Waals surface area (Å²) in [6.07, 6.45) is 2.49. The van der Waals surface area contributed by atoms with Crippen LogP contribution in [-0.4, -0.2) is 17.4 Å². The van der Waals surface area contributed by atoms with E-state index in [-0.39, 0.29) is 11.8 Å². The van der Waals surface area contributed by atoms with Gasteiger partial charge in [0.2, 0.25) is 5.91 Å². The molecule has 1 aliphatic rings. The summed E-state index contributed by atoms with van der Waals surface area (Å²) in [5, 5.41) is 0. The first-order valence-corrected chi connectivity index (χ1v) is 7.81. The van der Waals surface area contributed by atoms with Crippen LogP contribution in [-0.2, 0) is 17.6 Å². The highest BCUT2D eigenvalue weighted by Crippen LogP contribution is 2.26. The first-order chi connectivity index (χ1) is 10.7. The van der Waals surface area contributed by atoms with Gasteiger partial charge >= 0.3 is 0 Å². The lowest BCUT2D eigenvalue weighted by Gasteiger charge is -2.19. The molecule has 1 fully saturated rings. The van der Waals surface area contributed by atoms with Crippen LogP contribution in [0.15, 0.2) is 72.9 Å². The van der Waals surface area contributed by atoms with Crippen molar-refractivity contribution in [2.75, 3.05) is 6.54 Å². The lowest BCUT2D eigenvalue weighted by molar-refractivity contribution is -0.129. The number of allylic oxidation sites excluding steroid dienone is 1. The summed E-state index contributed by atoms with van der Waals surface area (Å²) in [4.78, 5) is 14.5. The predicted octanol–water partition coefficient (Wildman–Crippen LogP) is 3.83. The third kappa shape index (κ3) is 3.28. The van der Waals surface area contributed by atoms with Crippen LogP contribution < -0.4 is 0 Å². The number of hydrogen-bond donors (Lipinski definition) is 0. The van der Waals surface area contributed by atoms with Crippen molar-refractivity contribution in [1.29, 1.82) is 0 Å². The second-order valence-electron chi connectivity index (χ2n) is 5.89. The molecular weight excluding hydrogens is 270 g/mol. The molecule has 1 amide bonds. The summed E-state index contributed by atoms with van der Waals surface area (Å²) in [7, 11) is 0. The zero-order valence-corrected chi connectivity index (χ0v) is 12.7. The molecule has 2 nitrogen and oxygen atoms in total. The van der Waals surface area contributed by atoms with Crippen LogP contribution in [0.1, 0.15) is 17.5 Å².